The largest absolute Gasteiger partial charge is 0.463 e. The molecule has 0 saturated heterocycles. The molecule has 1 fully saturated rings. The fraction of sp³-hybridized carbons (Fsp3) is 0.750. The van der Waals surface area contributed by atoms with Crippen LogP contribution in [-0.4, -0.2) is 27.7 Å². The number of aromatic amines is 1. The number of carbonyl (C=O) groups excluding carboxylic acids is 1. The summed E-state index contributed by atoms with van der Waals surface area (Å²) in [5, 5.41) is 9.25. The number of hydrogen-bond donors (Lipinski definition) is 2. The second kappa shape index (κ2) is 5.84. The Bertz CT molecular complexity index is 397. The average molecular weight is 252 g/mol. The molecule has 1 amide bonds. The maximum Gasteiger partial charge on any atom is 0.337 e. The molecule has 18 heavy (non-hydrogen) atoms. The van der Waals surface area contributed by atoms with E-state index < -0.39 is 0 Å². The molecule has 0 unspecified atom stereocenters. The molecule has 2 rings (SSSR count). The number of ether oxygens (including phenoxy) is 1. The van der Waals surface area contributed by atoms with Crippen molar-refractivity contribution in [3.05, 3.63) is 0 Å². The summed E-state index contributed by atoms with van der Waals surface area (Å²) in [7, 11) is 0. The van der Waals surface area contributed by atoms with Crippen molar-refractivity contribution < 1.29 is 9.53 Å². The third-order valence-corrected chi connectivity index (χ3v) is 3.37. The van der Waals surface area contributed by atoms with Gasteiger partial charge in [-0.3, -0.25) is 10.1 Å². The molecule has 0 bridgehead atoms. The van der Waals surface area contributed by atoms with Crippen molar-refractivity contribution in [1.29, 1.82) is 0 Å². The zero-order valence-electron chi connectivity index (χ0n) is 10.9. The Kier molecular flexibility index (Phi) is 4.17. The van der Waals surface area contributed by atoms with E-state index in [0.29, 0.717) is 12.6 Å². The first-order valence-corrected chi connectivity index (χ1v) is 6.55. The smallest absolute Gasteiger partial charge is 0.337 e. The van der Waals surface area contributed by atoms with E-state index in [9.17, 15) is 4.79 Å². The molecule has 2 N–H and O–H groups in total. The quantitative estimate of drug-likeness (QED) is 0.858. The lowest BCUT2D eigenvalue weighted by Crippen LogP contribution is -2.27. The zero-order valence-corrected chi connectivity index (χ0v) is 10.9. The van der Waals surface area contributed by atoms with Crippen LogP contribution in [0.1, 0.15) is 39.5 Å². The van der Waals surface area contributed by atoms with Crippen LogP contribution in [0.25, 0.3) is 0 Å². The lowest BCUT2D eigenvalue weighted by atomic mass is 9.82. The van der Waals surface area contributed by atoms with Gasteiger partial charge in [0.2, 0.25) is 11.9 Å². The van der Waals surface area contributed by atoms with Crippen LogP contribution in [0.3, 0.4) is 0 Å². The Balaban J connectivity index is 1.86. The third kappa shape index (κ3) is 3.21. The van der Waals surface area contributed by atoms with Crippen molar-refractivity contribution in [3.8, 4) is 6.01 Å². The van der Waals surface area contributed by atoms with Gasteiger partial charge in [0.05, 0.1) is 6.61 Å². The van der Waals surface area contributed by atoms with Crippen LogP contribution in [-0.2, 0) is 4.79 Å². The summed E-state index contributed by atoms with van der Waals surface area (Å²) in [6.45, 7) is 4.60. The standard InChI is InChI=1S/C12H20N4O2/c1-3-18-12-14-11(15-16-12)13-10(17)9-6-4-8(2)5-7-9/h8-9H,3-7H2,1-2H3,(H2,13,14,15,16,17). The van der Waals surface area contributed by atoms with E-state index in [1.807, 2.05) is 6.92 Å². The van der Waals surface area contributed by atoms with Gasteiger partial charge in [0.1, 0.15) is 0 Å². The molecular weight excluding hydrogens is 232 g/mol. The monoisotopic (exact) mass is 252 g/mol. The van der Waals surface area contributed by atoms with Crippen molar-refractivity contribution in [2.24, 2.45) is 11.8 Å². The fourth-order valence-corrected chi connectivity index (χ4v) is 2.24. The van der Waals surface area contributed by atoms with Gasteiger partial charge in [0.15, 0.2) is 0 Å². The molecule has 0 aromatic carbocycles. The maximum absolute atomic E-state index is 12.0. The predicted molar refractivity (Wildman–Crippen MR) is 67.3 cm³/mol. The number of nitrogens with zero attached hydrogens (tertiary/aromatic N) is 2. The van der Waals surface area contributed by atoms with Gasteiger partial charge < -0.3 is 4.74 Å². The predicted octanol–water partition coefficient (Wildman–Crippen LogP) is 1.97. The summed E-state index contributed by atoms with van der Waals surface area (Å²) in [6.07, 6.45) is 4.16. The zero-order chi connectivity index (χ0) is 13.0. The number of amides is 1. The molecule has 1 saturated carbocycles. The van der Waals surface area contributed by atoms with E-state index >= 15 is 0 Å². The van der Waals surface area contributed by atoms with Gasteiger partial charge in [0.25, 0.3) is 0 Å². The van der Waals surface area contributed by atoms with Gasteiger partial charge in [0, 0.05) is 5.92 Å². The molecule has 1 aliphatic carbocycles. The lowest BCUT2D eigenvalue weighted by molar-refractivity contribution is -0.121. The van der Waals surface area contributed by atoms with Crippen LogP contribution < -0.4 is 10.1 Å². The van der Waals surface area contributed by atoms with Gasteiger partial charge >= 0.3 is 6.01 Å². The van der Waals surface area contributed by atoms with Gasteiger partial charge in [-0.1, -0.05) is 6.92 Å². The first-order valence-electron chi connectivity index (χ1n) is 6.55. The highest BCUT2D eigenvalue weighted by atomic mass is 16.5. The summed E-state index contributed by atoms with van der Waals surface area (Å²) in [5.41, 5.74) is 0. The number of anilines is 1. The van der Waals surface area contributed by atoms with Crippen LogP contribution in [0, 0.1) is 11.8 Å². The third-order valence-electron chi connectivity index (χ3n) is 3.37. The Morgan fingerprint density at radius 3 is 2.83 bits per heavy atom. The summed E-state index contributed by atoms with van der Waals surface area (Å²) in [4.78, 5) is 16.0. The van der Waals surface area contributed by atoms with Gasteiger partial charge in [-0.25, -0.2) is 5.10 Å². The minimum Gasteiger partial charge on any atom is -0.463 e. The topological polar surface area (TPSA) is 79.9 Å². The van der Waals surface area contributed by atoms with Crippen molar-refractivity contribution in [2.45, 2.75) is 39.5 Å². The van der Waals surface area contributed by atoms with E-state index in [2.05, 4.69) is 27.4 Å². The number of rotatable bonds is 4. The van der Waals surface area contributed by atoms with Crippen molar-refractivity contribution in [2.75, 3.05) is 11.9 Å². The first kappa shape index (κ1) is 12.9. The van der Waals surface area contributed by atoms with Gasteiger partial charge in [-0.05, 0) is 38.5 Å². The molecule has 1 aromatic heterocycles. The van der Waals surface area contributed by atoms with Crippen molar-refractivity contribution in [1.82, 2.24) is 15.2 Å². The Labute approximate surface area is 107 Å². The van der Waals surface area contributed by atoms with Crippen molar-refractivity contribution >= 4 is 11.9 Å². The molecule has 100 valence electrons. The number of H-pyrrole nitrogens is 1. The number of hydrogen-bond acceptors (Lipinski definition) is 4. The van der Waals surface area contributed by atoms with E-state index in [-0.39, 0.29) is 17.8 Å². The average Bonchev–Trinajstić information content (AvgIpc) is 2.78. The van der Waals surface area contributed by atoms with Crippen LogP contribution in [0.2, 0.25) is 0 Å². The lowest BCUT2D eigenvalue weighted by Gasteiger charge is -2.24. The summed E-state index contributed by atoms with van der Waals surface area (Å²) >= 11 is 0. The molecule has 0 aliphatic heterocycles. The van der Waals surface area contributed by atoms with Gasteiger partial charge in [-0.15, -0.1) is 5.10 Å². The molecule has 1 aliphatic rings. The second-order valence-electron chi connectivity index (χ2n) is 4.85. The minimum atomic E-state index is 0.0288. The Hall–Kier alpha value is -1.59. The maximum atomic E-state index is 12.0. The van der Waals surface area contributed by atoms with E-state index in [4.69, 9.17) is 4.74 Å². The molecule has 1 aromatic rings. The van der Waals surface area contributed by atoms with Crippen molar-refractivity contribution in [3.63, 3.8) is 0 Å². The first-order chi connectivity index (χ1) is 8.69. The van der Waals surface area contributed by atoms with Gasteiger partial charge in [-0.2, -0.15) is 4.98 Å². The molecule has 0 radical (unpaired) electrons. The van der Waals surface area contributed by atoms with E-state index in [0.717, 1.165) is 31.6 Å². The van der Waals surface area contributed by atoms with Crippen LogP contribution >= 0.6 is 0 Å². The molecule has 0 spiro atoms. The summed E-state index contributed by atoms with van der Waals surface area (Å²) in [6, 6.07) is 0.269. The number of aromatic nitrogens is 3. The molecule has 6 heteroatoms. The van der Waals surface area contributed by atoms with E-state index in [1.165, 1.54) is 0 Å². The molecular formula is C12H20N4O2. The number of nitrogens with one attached hydrogen (secondary N) is 2. The minimum absolute atomic E-state index is 0.0288. The van der Waals surface area contributed by atoms with Crippen LogP contribution in [0.15, 0.2) is 0 Å². The highest BCUT2D eigenvalue weighted by Crippen LogP contribution is 2.28. The SMILES string of the molecule is CCOc1n[nH]c(NC(=O)C2CCC(C)CC2)n1. The highest BCUT2D eigenvalue weighted by Gasteiger charge is 2.24. The summed E-state index contributed by atoms with van der Waals surface area (Å²) in [5.74, 6) is 1.23. The van der Waals surface area contributed by atoms with E-state index in [1.54, 1.807) is 0 Å². The Morgan fingerprint density at radius 2 is 2.17 bits per heavy atom. The number of carbonyl (C=O) groups is 1. The van der Waals surface area contributed by atoms with Crippen LogP contribution in [0.5, 0.6) is 6.01 Å². The molecule has 6 nitrogen and oxygen atoms in total. The fourth-order valence-electron chi connectivity index (χ4n) is 2.24. The highest BCUT2D eigenvalue weighted by molar-refractivity contribution is 5.90. The molecule has 0 atom stereocenters. The normalized spacial score (nSPS) is 23.7. The molecule has 1 heterocycles. The second-order valence-corrected chi connectivity index (χ2v) is 4.85. The summed E-state index contributed by atoms with van der Waals surface area (Å²) < 4.78 is 5.12. The van der Waals surface area contributed by atoms with Crippen LogP contribution in [0.4, 0.5) is 5.95 Å². The Morgan fingerprint density at radius 1 is 1.44 bits per heavy atom.